The van der Waals surface area contributed by atoms with E-state index in [-0.39, 0.29) is 28.9 Å². The summed E-state index contributed by atoms with van der Waals surface area (Å²) in [6.07, 6.45) is -0.233. The second-order valence-corrected chi connectivity index (χ2v) is 7.34. The van der Waals surface area contributed by atoms with E-state index in [1.54, 1.807) is 10.8 Å². The second kappa shape index (κ2) is 5.35. The van der Waals surface area contributed by atoms with E-state index >= 15 is 0 Å². The lowest BCUT2D eigenvalue weighted by Gasteiger charge is -2.46. The van der Waals surface area contributed by atoms with Gasteiger partial charge in [-0.15, -0.1) is 0 Å². The maximum absolute atomic E-state index is 11.9. The van der Waals surface area contributed by atoms with Gasteiger partial charge in [-0.25, -0.2) is 0 Å². The van der Waals surface area contributed by atoms with Crippen LogP contribution in [0.15, 0.2) is 0 Å². The summed E-state index contributed by atoms with van der Waals surface area (Å²) in [5.41, 5.74) is -0.296. The zero-order valence-corrected chi connectivity index (χ0v) is 12.2. The van der Waals surface area contributed by atoms with Crippen LogP contribution in [0, 0.1) is 17.8 Å². The highest BCUT2D eigenvalue weighted by Crippen LogP contribution is 2.49. The smallest absolute Gasteiger partial charge is 0.137 e. The van der Waals surface area contributed by atoms with Crippen LogP contribution in [-0.4, -0.2) is 34.6 Å². The summed E-state index contributed by atoms with van der Waals surface area (Å²) in [5, 5.41) is 0. The number of hydrogen-bond donors (Lipinski definition) is 0. The summed E-state index contributed by atoms with van der Waals surface area (Å²) in [7, 11) is 3.12. The number of fused-ring (bicyclic) bond motifs is 2. The van der Waals surface area contributed by atoms with E-state index in [9.17, 15) is 14.4 Å². The van der Waals surface area contributed by atoms with Gasteiger partial charge >= 0.3 is 0 Å². The van der Waals surface area contributed by atoms with Crippen LogP contribution in [-0.2, 0) is 19.1 Å². The van der Waals surface area contributed by atoms with Gasteiger partial charge in [0.05, 0.1) is 17.9 Å². The molecule has 0 aromatic carbocycles. The fraction of sp³-hybridized carbons (Fsp3) is 0.750. The topological polar surface area (TPSA) is 60.4 Å². The number of rotatable bonds is 3. The molecule has 0 saturated carbocycles. The first-order valence-electron chi connectivity index (χ1n) is 5.88. The molecule has 2 heterocycles. The molecule has 100 valence electrons. The monoisotopic (exact) mass is 288 g/mol. The number of carbonyl (C=O) groups is 3. The number of ether oxygens (including phenoxy) is 1. The predicted molar refractivity (Wildman–Crippen MR) is 71.2 cm³/mol. The molecule has 0 aromatic heterocycles. The van der Waals surface area contributed by atoms with Crippen molar-refractivity contribution in [3.05, 3.63) is 0 Å². The van der Waals surface area contributed by atoms with Gasteiger partial charge in [0.2, 0.25) is 0 Å². The zero-order valence-electron chi connectivity index (χ0n) is 10.5. The van der Waals surface area contributed by atoms with E-state index in [1.807, 2.05) is 0 Å². The van der Waals surface area contributed by atoms with Crippen molar-refractivity contribution in [2.24, 2.45) is 17.8 Å². The number of ketones is 3. The van der Waals surface area contributed by atoms with Crippen molar-refractivity contribution in [2.75, 3.05) is 5.75 Å². The van der Waals surface area contributed by atoms with Gasteiger partial charge < -0.3 is 4.74 Å². The molecule has 4 nitrogen and oxygen atoms in total. The number of hydrogen-bond acceptors (Lipinski definition) is 6. The molecule has 0 unspecified atom stereocenters. The Labute approximate surface area is 114 Å². The minimum atomic E-state index is -0.517. The molecule has 2 saturated heterocycles. The third-order valence-electron chi connectivity index (χ3n) is 3.58. The van der Waals surface area contributed by atoms with Gasteiger partial charge in [0.1, 0.15) is 22.8 Å². The summed E-state index contributed by atoms with van der Waals surface area (Å²) in [6.45, 7) is 4.42. The lowest BCUT2D eigenvalue weighted by atomic mass is 9.71. The lowest BCUT2D eigenvalue weighted by molar-refractivity contribution is -0.159. The van der Waals surface area contributed by atoms with E-state index in [0.717, 1.165) is 0 Å². The average molecular weight is 288 g/mol. The zero-order chi connectivity index (χ0) is 13.4. The molecule has 0 aromatic rings. The predicted octanol–water partition coefficient (Wildman–Crippen LogP) is 1.72. The van der Waals surface area contributed by atoms with Crippen molar-refractivity contribution < 1.29 is 19.1 Å². The second-order valence-electron chi connectivity index (χ2n) is 4.83. The van der Waals surface area contributed by atoms with Gasteiger partial charge in [-0.3, -0.25) is 14.4 Å². The lowest BCUT2D eigenvalue weighted by Crippen LogP contribution is -2.55. The van der Waals surface area contributed by atoms with Crippen molar-refractivity contribution in [3.63, 3.8) is 0 Å². The van der Waals surface area contributed by atoms with Crippen molar-refractivity contribution in [1.82, 2.24) is 0 Å². The fourth-order valence-electron chi connectivity index (χ4n) is 2.83. The summed E-state index contributed by atoms with van der Waals surface area (Å²) in [4.78, 5) is 35.5. The first kappa shape index (κ1) is 14.1. The van der Waals surface area contributed by atoms with Crippen molar-refractivity contribution in [2.45, 2.75) is 32.3 Å². The Kier molecular flexibility index (Phi) is 4.18. The Hall–Kier alpha value is -0.330. The van der Waals surface area contributed by atoms with Crippen LogP contribution >= 0.6 is 21.6 Å². The van der Waals surface area contributed by atoms with Gasteiger partial charge in [0.15, 0.2) is 0 Å². The molecule has 0 spiro atoms. The van der Waals surface area contributed by atoms with Crippen LogP contribution in [0.3, 0.4) is 0 Å². The molecule has 2 aliphatic rings. The third kappa shape index (κ3) is 2.38. The van der Waals surface area contributed by atoms with Crippen molar-refractivity contribution in [1.29, 1.82) is 0 Å². The molecular formula is C12H16O4S2. The maximum atomic E-state index is 11.9. The Balaban J connectivity index is 2.41. The van der Waals surface area contributed by atoms with Gasteiger partial charge in [-0.1, -0.05) is 21.6 Å². The number of Topliss-reactive ketones (excluding diaryl/α,β-unsaturated/α-hetero) is 3. The molecule has 2 rings (SSSR count). The minimum absolute atomic E-state index is 0.0580. The fourth-order valence-corrected chi connectivity index (χ4v) is 5.67. The SMILES string of the molecule is CC(=O)[C@H]1[C@H](C(C)=O)[C@H]2CSS[C@H](O2)[C@H]1C(C)=O. The minimum Gasteiger partial charge on any atom is -0.361 e. The average Bonchev–Trinajstić information content (AvgIpc) is 2.27. The van der Waals surface area contributed by atoms with Crippen LogP contribution in [0.25, 0.3) is 0 Å². The van der Waals surface area contributed by atoms with Gasteiger partial charge in [0, 0.05) is 11.7 Å². The van der Waals surface area contributed by atoms with Crippen LogP contribution in [0.1, 0.15) is 20.8 Å². The van der Waals surface area contributed by atoms with Gasteiger partial charge in [-0.2, -0.15) is 0 Å². The van der Waals surface area contributed by atoms with Crippen LogP contribution in [0.4, 0.5) is 0 Å². The van der Waals surface area contributed by atoms with Crippen LogP contribution < -0.4 is 0 Å². The normalized spacial score (nSPS) is 39.2. The summed E-state index contributed by atoms with van der Waals surface area (Å²) >= 11 is 0. The molecule has 2 fully saturated rings. The molecular weight excluding hydrogens is 272 g/mol. The summed E-state index contributed by atoms with van der Waals surface area (Å²) < 4.78 is 5.80. The Morgan fingerprint density at radius 2 is 1.50 bits per heavy atom. The molecule has 2 bridgehead atoms. The Bertz CT molecular complexity index is 368. The third-order valence-corrected chi connectivity index (χ3v) is 6.16. The largest absolute Gasteiger partial charge is 0.361 e. The number of carbonyl (C=O) groups excluding carboxylic acids is 3. The first-order chi connectivity index (χ1) is 8.43. The van der Waals surface area contributed by atoms with Crippen LogP contribution in [0.2, 0.25) is 0 Å². The Morgan fingerprint density at radius 1 is 0.944 bits per heavy atom. The first-order valence-corrected chi connectivity index (χ1v) is 8.26. The molecule has 0 aliphatic carbocycles. The van der Waals surface area contributed by atoms with Gasteiger partial charge in [-0.05, 0) is 20.8 Å². The maximum Gasteiger partial charge on any atom is 0.137 e. The quantitative estimate of drug-likeness (QED) is 0.737. The van der Waals surface area contributed by atoms with Crippen LogP contribution in [0.5, 0.6) is 0 Å². The van der Waals surface area contributed by atoms with Crippen molar-refractivity contribution >= 4 is 38.9 Å². The highest BCUT2D eigenvalue weighted by Gasteiger charge is 2.53. The molecule has 0 N–H and O–H groups in total. The summed E-state index contributed by atoms with van der Waals surface area (Å²) in [5.74, 6) is -0.998. The van der Waals surface area contributed by atoms with Gasteiger partial charge in [0.25, 0.3) is 0 Å². The molecule has 5 atom stereocenters. The molecule has 0 amide bonds. The van der Waals surface area contributed by atoms with Crippen molar-refractivity contribution in [3.8, 4) is 0 Å². The van der Waals surface area contributed by atoms with E-state index < -0.39 is 17.8 Å². The molecule has 0 radical (unpaired) electrons. The highest BCUT2D eigenvalue weighted by atomic mass is 33.1. The standard InChI is InChI=1S/C12H16O4S2/c1-5(13)9-8-4-17-18-12(16-8)11(7(3)15)10(9)6(2)14/h8-12H,4H2,1-3H3/t8-,9-,10+,11+,12+/m1/s1. The highest BCUT2D eigenvalue weighted by molar-refractivity contribution is 8.77. The molecule has 6 heteroatoms. The molecule has 18 heavy (non-hydrogen) atoms. The summed E-state index contributed by atoms with van der Waals surface area (Å²) in [6, 6.07) is 0. The van der Waals surface area contributed by atoms with E-state index in [1.165, 1.54) is 31.6 Å². The van der Waals surface area contributed by atoms with E-state index in [4.69, 9.17) is 4.74 Å². The Morgan fingerprint density at radius 3 is 2.00 bits per heavy atom. The molecule has 2 aliphatic heterocycles. The van der Waals surface area contributed by atoms with E-state index in [0.29, 0.717) is 5.75 Å². The van der Waals surface area contributed by atoms with E-state index in [2.05, 4.69) is 0 Å².